The summed E-state index contributed by atoms with van der Waals surface area (Å²) in [6.45, 7) is 5.50. The fourth-order valence-electron chi connectivity index (χ4n) is 2.07. The molecule has 0 aliphatic heterocycles. The first-order valence-corrected chi connectivity index (χ1v) is 6.72. The van der Waals surface area contributed by atoms with Gasteiger partial charge in [0, 0.05) is 23.8 Å². The van der Waals surface area contributed by atoms with Crippen molar-refractivity contribution in [2.24, 2.45) is 5.73 Å². The van der Waals surface area contributed by atoms with Gasteiger partial charge in [-0.15, -0.1) is 0 Å². The van der Waals surface area contributed by atoms with Crippen molar-refractivity contribution in [1.29, 1.82) is 0 Å². The SMILES string of the molecule is CC(N)c1ccc(-c2nc(C(F)(F)F)cn2C(C)C)cc1. The van der Waals surface area contributed by atoms with Gasteiger partial charge in [-0.3, -0.25) is 0 Å². The zero-order valence-electron chi connectivity index (χ0n) is 12.1. The van der Waals surface area contributed by atoms with Crippen molar-refractivity contribution in [3.63, 3.8) is 0 Å². The Labute approximate surface area is 121 Å². The number of alkyl halides is 3. The van der Waals surface area contributed by atoms with E-state index >= 15 is 0 Å². The van der Waals surface area contributed by atoms with Crippen molar-refractivity contribution in [3.8, 4) is 11.4 Å². The number of halogens is 3. The smallest absolute Gasteiger partial charge is 0.328 e. The van der Waals surface area contributed by atoms with Crippen LogP contribution >= 0.6 is 0 Å². The lowest BCUT2D eigenvalue weighted by molar-refractivity contribution is -0.140. The highest BCUT2D eigenvalue weighted by molar-refractivity contribution is 5.57. The van der Waals surface area contributed by atoms with Crippen LogP contribution in [0, 0.1) is 0 Å². The number of hydrogen-bond acceptors (Lipinski definition) is 2. The van der Waals surface area contributed by atoms with E-state index in [9.17, 15) is 13.2 Å². The first kappa shape index (κ1) is 15.6. The van der Waals surface area contributed by atoms with Crippen molar-refractivity contribution in [1.82, 2.24) is 9.55 Å². The molecule has 3 nitrogen and oxygen atoms in total. The molecular formula is C15H18F3N3. The number of imidazole rings is 1. The summed E-state index contributed by atoms with van der Waals surface area (Å²) in [6.07, 6.45) is -3.39. The molecule has 114 valence electrons. The Kier molecular flexibility index (Phi) is 4.09. The molecule has 1 aromatic carbocycles. The molecule has 0 amide bonds. The lowest BCUT2D eigenvalue weighted by Crippen LogP contribution is -2.05. The molecule has 0 saturated heterocycles. The predicted octanol–water partition coefficient (Wildman–Crippen LogP) is 4.17. The van der Waals surface area contributed by atoms with Crippen LogP contribution in [-0.4, -0.2) is 9.55 Å². The molecule has 0 bridgehead atoms. The quantitative estimate of drug-likeness (QED) is 0.924. The van der Waals surface area contributed by atoms with Gasteiger partial charge in [0.25, 0.3) is 0 Å². The normalized spacial score (nSPS) is 13.7. The van der Waals surface area contributed by atoms with E-state index in [1.165, 1.54) is 4.57 Å². The van der Waals surface area contributed by atoms with Crippen LogP contribution < -0.4 is 5.73 Å². The molecule has 1 heterocycles. The van der Waals surface area contributed by atoms with Crippen LogP contribution in [0.15, 0.2) is 30.5 Å². The maximum absolute atomic E-state index is 12.8. The third kappa shape index (κ3) is 3.26. The largest absolute Gasteiger partial charge is 0.434 e. The number of nitrogens with zero attached hydrogens (tertiary/aromatic N) is 2. The molecular weight excluding hydrogens is 279 g/mol. The lowest BCUT2D eigenvalue weighted by Gasteiger charge is -2.12. The van der Waals surface area contributed by atoms with Crippen LogP contribution in [0.4, 0.5) is 13.2 Å². The first-order chi connectivity index (χ1) is 9.70. The van der Waals surface area contributed by atoms with Crippen molar-refractivity contribution in [2.75, 3.05) is 0 Å². The van der Waals surface area contributed by atoms with Crippen LogP contribution in [0.1, 0.15) is 44.1 Å². The molecule has 6 heteroatoms. The summed E-state index contributed by atoms with van der Waals surface area (Å²) in [6, 6.07) is 6.89. The minimum Gasteiger partial charge on any atom is -0.328 e. The fraction of sp³-hybridized carbons (Fsp3) is 0.400. The van der Waals surface area contributed by atoms with Gasteiger partial charge in [0.05, 0.1) is 0 Å². The molecule has 1 atom stereocenters. The fourth-order valence-corrected chi connectivity index (χ4v) is 2.07. The number of nitrogens with two attached hydrogens (primary N) is 1. The molecule has 0 aliphatic rings. The highest BCUT2D eigenvalue weighted by atomic mass is 19.4. The summed E-state index contributed by atoms with van der Waals surface area (Å²) in [5.74, 6) is 0.313. The van der Waals surface area contributed by atoms with E-state index in [0.29, 0.717) is 11.4 Å². The summed E-state index contributed by atoms with van der Waals surface area (Å²) < 4.78 is 40.0. The molecule has 0 spiro atoms. The number of aromatic nitrogens is 2. The molecule has 0 saturated carbocycles. The summed E-state index contributed by atoms with van der Waals surface area (Å²) >= 11 is 0. The monoisotopic (exact) mass is 297 g/mol. The average Bonchev–Trinajstić information content (AvgIpc) is 2.83. The second-order valence-corrected chi connectivity index (χ2v) is 5.36. The molecule has 0 radical (unpaired) electrons. The first-order valence-electron chi connectivity index (χ1n) is 6.72. The van der Waals surface area contributed by atoms with Crippen molar-refractivity contribution < 1.29 is 13.2 Å². The Morgan fingerprint density at radius 3 is 2.10 bits per heavy atom. The maximum Gasteiger partial charge on any atom is 0.434 e. The van der Waals surface area contributed by atoms with Crippen molar-refractivity contribution in [2.45, 2.75) is 39.0 Å². The highest BCUT2D eigenvalue weighted by Gasteiger charge is 2.35. The van der Waals surface area contributed by atoms with Crippen molar-refractivity contribution in [3.05, 3.63) is 41.7 Å². The maximum atomic E-state index is 12.8. The zero-order chi connectivity index (χ0) is 15.8. The van der Waals surface area contributed by atoms with Gasteiger partial charge in [0.15, 0.2) is 5.69 Å². The van der Waals surface area contributed by atoms with Gasteiger partial charge in [-0.1, -0.05) is 24.3 Å². The summed E-state index contributed by atoms with van der Waals surface area (Å²) in [7, 11) is 0. The van der Waals surface area contributed by atoms with Gasteiger partial charge in [0.1, 0.15) is 5.82 Å². The van der Waals surface area contributed by atoms with Crippen LogP contribution in [0.25, 0.3) is 11.4 Å². The average molecular weight is 297 g/mol. The second-order valence-electron chi connectivity index (χ2n) is 5.36. The van der Waals surface area contributed by atoms with E-state index in [2.05, 4.69) is 4.98 Å². The molecule has 2 N–H and O–H groups in total. The molecule has 21 heavy (non-hydrogen) atoms. The third-order valence-corrected chi connectivity index (χ3v) is 3.27. The van der Waals surface area contributed by atoms with Crippen LogP contribution in [0.5, 0.6) is 0 Å². The standard InChI is InChI=1S/C15H18F3N3/c1-9(2)21-8-13(15(16,17)18)20-14(21)12-6-4-11(5-7-12)10(3)19/h4-10H,19H2,1-3H3. The Balaban J connectivity index is 2.49. The van der Waals surface area contributed by atoms with Gasteiger partial charge < -0.3 is 10.3 Å². The molecule has 2 aromatic rings. The number of benzene rings is 1. The van der Waals surface area contributed by atoms with Gasteiger partial charge >= 0.3 is 6.18 Å². The lowest BCUT2D eigenvalue weighted by atomic mass is 10.1. The van der Waals surface area contributed by atoms with Gasteiger partial charge in [-0.2, -0.15) is 13.2 Å². The van der Waals surface area contributed by atoms with E-state index in [-0.39, 0.29) is 12.1 Å². The molecule has 1 aromatic heterocycles. The summed E-state index contributed by atoms with van der Waals surface area (Å²) in [5, 5.41) is 0. The van der Waals surface area contributed by atoms with Gasteiger partial charge in [-0.25, -0.2) is 4.98 Å². The van der Waals surface area contributed by atoms with Crippen molar-refractivity contribution >= 4 is 0 Å². The highest BCUT2D eigenvalue weighted by Crippen LogP contribution is 2.32. The van der Waals surface area contributed by atoms with Gasteiger partial charge in [-0.05, 0) is 26.3 Å². The van der Waals surface area contributed by atoms with Crippen LogP contribution in [0.3, 0.4) is 0 Å². The van der Waals surface area contributed by atoms with E-state index < -0.39 is 11.9 Å². The van der Waals surface area contributed by atoms with E-state index in [0.717, 1.165) is 11.8 Å². The van der Waals surface area contributed by atoms with Gasteiger partial charge in [0.2, 0.25) is 0 Å². The molecule has 2 rings (SSSR count). The third-order valence-electron chi connectivity index (χ3n) is 3.27. The van der Waals surface area contributed by atoms with Crippen LogP contribution in [-0.2, 0) is 6.18 Å². The Morgan fingerprint density at radius 1 is 1.10 bits per heavy atom. The number of hydrogen-bond donors (Lipinski definition) is 1. The van der Waals surface area contributed by atoms with Crippen LogP contribution in [0.2, 0.25) is 0 Å². The summed E-state index contributed by atoms with van der Waals surface area (Å²) in [5.41, 5.74) is 6.47. The molecule has 1 unspecified atom stereocenters. The zero-order valence-corrected chi connectivity index (χ0v) is 12.1. The Bertz CT molecular complexity index is 610. The van der Waals surface area contributed by atoms with E-state index in [1.807, 2.05) is 32.9 Å². The Morgan fingerprint density at radius 2 is 1.67 bits per heavy atom. The minimum atomic E-state index is -4.44. The Hall–Kier alpha value is -1.82. The second kappa shape index (κ2) is 5.52. The topological polar surface area (TPSA) is 43.8 Å². The molecule has 0 fully saturated rings. The minimum absolute atomic E-state index is 0.114. The predicted molar refractivity (Wildman–Crippen MR) is 75.7 cm³/mol. The summed E-state index contributed by atoms with van der Waals surface area (Å²) in [4.78, 5) is 3.75. The van der Waals surface area contributed by atoms with E-state index in [1.54, 1.807) is 12.1 Å². The molecule has 0 aliphatic carbocycles. The number of rotatable bonds is 3. The van der Waals surface area contributed by atoms with E-state index in [4.69, 9.17) is 5.73 Å².